The van der Waals surface area contributed by atoms with Crippen molar-refractivity contribution in [1.82, 2.24) is 9.55 Å². The molecule has 0 unspecified atom stereocenters. The maximum Gasteiger partial charge on any atom is 0.274 e. The van der Waals surface area contributed by atoms with Gasteiger partial charge in [-0.25, -0.2) is 0 Å². The minimum Gasteiger partial charge on any atom is -0.321 e. The fourth-order valence-corrected chi connectivity index (χ4v) is 2.46. The van der Waals surface area contributed by atoms with E-state index < -0.39 is 0 Å². The van der Waals surface area contributed by atoms with Crippen LogP contribution < -0.4 is 5.32 Å². The summed E-state index contributed by atoms with van der Waals surface area (Å²) in [4.78, 5) is 16.1. The van der Waals surface area contributed by atoms with Crippen molar-refractivity contribution in [3.63, 3.8) is 0 Å². The van der Waals surface area contributed by atoms with Crippen LogP contribution in [0.2, 0.25) is 0 Å². The van der Waals surface area contributed by atoms with E-state index in [1.165, 1.54) is 11.4 Å². The van der Waals surface area contributed by atoms with Crippen LogP contribution in [-0.2, 0) is 0 Å². The maximum absolute atomic E-state index is 12.1. The Morgan fingerprint density at radius 2 is 1.64 bits per heavy atom. The molecule has 2 heterocycles. The Bertz CT molecular complexity index is 769. The average molecular weight is 291 g/mol. The number of aryl methyl sites for hydroxylation is 2. The molecule has 1 N–H and O–H groups in total. The first kappa shape index (κ1) is 14.1. The lowest BCUT2D eigenvalue weighted by Gasteiger charge is -2.11. The standard InChI is InChI=1S/C18H17N3O/c1-13-6-7-14(2)21(13)16-10-8-15(9-11-16)20-18(22)17-5-3-4-12-19-17/h3-12H,1-2H3,(H,20,22). The zero-order chi connectivity index (χ0) is 15.5. The van der Waals surface area contributed by atoms with Crippen molar-refractivity contribution < 1.29 is 4.79 Å². The van der Waals surface area contributed by atoms with E-state index in [9.17, 15) is 4.79 Å². The highest BCUT2D eigenvalue weighted by atomic mass is 16.1. The molecule has 3 rings (SSSR count). The normalized spacial score (nSPS) is 10.5. The molecule has 2 aromatic heterocycles. The van der Waals surface area contributed by atoms with Crippen LogP contribution in [0, 0.1) is 13.8 Å². The fraction of sp³-hybridized carbons (Fsp3) is 0.111. The maximum atomic E-state index is 12.1. The third-order valence-electron chi connectivity index (χ3n) is 3.55. The number of nitrogens with zero attached hydrogens (tertiary/aromatic N) is 2. The lowest BCUT2D eigenvalue weighted by atomic mass is 10.2. The number of anilines is 1. The second-order valence-corrected chi connectivity index (χ2v) is 5.17. The Labute approximate surface area is 129 Å². The SMILES string of the molecule is Cc1ccc(C)n1-c1ccc(NC(=O)c2ccccn2)cc1. The summed E-state index contributed by atoms with van der Waals surface area (Å²) in [5, 5.41) is 2.85. The van der Waals surface area contributed by atoms with Crippen LogP contribution in [0.1, 0.15) is 21.9 Å². The third-order valence-corrected chi connectivity index (χ3v) is 3.55. The van der Waals surface area contributed by atoms with Gasteiger partial charge in [0.25, 0.3) is 5.91 Å². The number of amides is 1. The quantitative estimate of drug-likeness (QED) is 0.799. The highest BCUT2D eigenvalue weighted by Crippen LogP contribution is 2.18. The number of hydrogen-bond donors (Lipinski definition) is 1. The van der Waals surface area contributed by atoms with Gasteiger partial charge < -0.3 is 9.88 Å². The van der Waals surface area contributed by atoms with Crippen molar-refractivity contribution in [2.24, 2.45) is 0 Å². The highest BCUT2D eigenvalue weighted by molar-refractivity contribution is 6.02. The molecule has 0 radical (unpaired) electrons. The summed E-state index contributed by atoms with van der Waals surface area (Å²) in [7, 11) is 0. The van der Waals surface area contributed by atoms with Gasteiger partial charge in [-0.05, 0) is 62.4 Å². The van der Waals surface area contributed by atoms with Crippen LogP contribution in [0.3, 0.4) is 0 Å². The second kappa shape index (κ2) is 5.85. The number of hydrogen-bond acceptors (Lipinski definition) is 2. The summed E-state index contributed by atoms with van der Waals surface area (Å²) in [5.41, 5.74) is 4.60. The molecule has 22 heavy (non-hydrogen) atoms. The van der Waals surface area contributed by atoms with Crippen LogP contribution in [0.15, 0.2) is 60.8 Å². The largest absolute Gasteiger partial charge is 0.321 e. The van der Waals surface area contributed by atoms with Crippen LogP contribution in [0.25, 0.3) is 5.69 Å². The van der Waals surface area contributed by atoms with Crippen LogP contribution in [-0.4, -0.2) is 15.5 Å². The van der Waals surface area contributed by atoms with Crippen molar-refractivity contribution in [2.75, 3.05) is 5.32 Å². The predicted molar refractivity (Wildman–Crippen MR) is 87.4 cm³/mol. The molecule has 0 aliphatic heterocycles. The van der Waals surface area contributed by atoms with Gasteiger partial charge in [-0.3, -0.25) is 9.78 Å². The summed E-state index contributed by atoms with van der Waals surface area (Å²) >= 11 is 0. The van der Waals surface area contributed by atoms with Crippen molar-refractivity contribution in [3.8, 4) is 5.69 Å². The summed E-state index contributed by atoms with van der Waals surface area (Å²) in [6.45, 7) is 4.15. The molecule has 110 valence electrons. The number of pyridine rings is 1. The first-order valence-electron chi connectivity index (χ1n) is 7.13. The zero-order valence-corrected chi connectivity index (χ0v) is 12.6. The number of benzene rings is 1. The van der Waals surface area contributed by atoms with Gasteiger partial charge in [-0.15, -0.1) is 0 Å². The molecule has 0 fully saturated rings. The molecule has 0 aliphatic rings. The van der Waals surface area contributed by atoms with E-state index in [1.807, 2.05) is 24.3 Å². The van der Waals surface area contributed by atoms with Crippen LogP contribution in [0.4, 0.5) is 5.69 Å². The summed E-state index contributed by atoms with van der Waals surface area (Å²) in [5.74, 6) is -0.207. The molecule has 4 heteroatoms. The van der Waals surface area contributed by atoms with E-state index >= 15 is 0 Å². The van der Waals surface area contributed by atoms with Gasteiger partial charge >= 0.3 is 0 Å². The lowest BCUT2D eigenvalue weighted by Crippen LogP contribution is -2.13. The van der Waals surface area contributed by atoms with Crippen molar-refractivity contribution in [3.05, 3.63) is 77.9 Å². The Balaban J connectivity index is 1.79. The molecule has 1 aromatic carbocycles. The molecule has 0 aliphatic carbocycles. The summed E-state index contributed by atoms with van der Waals surface area (Å²) < 4.78 is 2.17. The fourth-order valence-electron chi connectivity index (χ4n) is 2.46. The number of nitrogens with one attached hydrogen (secondary N) is 1. The molecular formula is C18H17N3O. The Hall–Kier alpha value is -2.88. The Morgan fingerprint density at radius 3 is 2.23 bits per heavy atom. The number of carbonyl (C=O) groups is 1. The van der Waals surface area contributed by atoms with Crippen molar-refractivity contribution in [1.29, 1.82) is 0 Å². The monoisotopic (exact) mass is 291 g/mol. The van der Waals surface area contributed by atoms with Gasteiger partial charge in [0, 0.05) is 29.0 Å². The van der Waals surface area contributed by atoms with Crippen LogP contribution >= 0.6 is 0 Å². The second-order valence-electron chi connectivity index (χ2n) is 5.17. The van der Waals surface area contributed by atoms with E-state index in [0.717, 1.165) is 11.4 Å². The topological polar surface area (TPSA) is 46.9 Å². The molecule has 0 saturated heterocycles. The first-order chi connectivity index (χ1) is 10.6. The minimum atomic E-state index is -0.207. The number of rotatable bonds is 3. The number of aromatic nitrogens is 2. The zero-order valence-electron chi connectivity index (χ0n) is 12.6. The Kier molecular flexibility index (Phi) is 3.74. The highest BCUT2D eigenvalue weighted by Gasteiger charge is 2.07. The third kappa shape index (κ3) is 2.76. The van der Waals surface area contributed by atoms with Gasteiger partial charge in [0.1, 0.15) is 5.69 Å². The van der Waals surface area contributed by atoms with Gasteiger partial charge in [-0.1, -0.05) is 6.07 Å². The summed E-state index contributed by atoms with van der Waals surface area (Å²) in [6.07, 6.45) is 1.61. The molecule has 1 amide bonds. The van der Waals surface area contributed by atoms with E-state index in [4.69, 9.17) is 0 Å². The molecular weight excluding hydrogens is 274 g/mol. The van der Waals surface area contributed by atoms with Crippen LogP contribution in [0.5, 0.6) is 0 Å². The van der Waals surface area contributed by atoms with Gasteiger partial charge in [-0.2, -0.15) is 0 Å². The van der Waals surface area contributed by atoms with E-state index in [1.54, 1.807) is 24.4 Å². The number of carbonyl (C=O) groups excluding carboxylic acids is 1. The molecule has 0 bridgehead atoms. The predicted octanol–water partition coefficient (Wildman–Crippen LogP) is 3.74. The van der Waals surface area contributed by atoms with E-state index in [-0.39, 0.29) is 5.91 Å². The van der Waals surface area contributed by atoms with E-state index in [2.05, 4.69) is 40.8 Å². The molecule has 0 saturated carbocycles. The van der Waals surface area contributed by atoms with Gasteiger partial charge in [0.2, 0.25) is 0 Å². The molecule has 4 nitrogen and oxygen atoms in total. The molecule has 3 aromatic rings. The van der Waals surface area contributed by atoms with Gasteiger partial charge in [0.05, 0.1) is 0 Å². The Morgan fingerprint density at radius 1 is 0.955 bits per heavy atom. The molecule has 0 spiro atoms. The lowest BCUT2D eigenvalue weighted by molar-refractivity contribution is 0.102. The van der Waals surface area contributed by atoms with Gasteiger partial charge in [0.15, 0.2) is 0 Å². The minimum absolute atomic E-state index is 0.207. The smallest absolute Gasteiger partial charge is 0.274 e. The first-order valence-corrected chi connectivity index (χ1v) is 7.13. The van der Waals surface area contributed by atoms with E-state index in [0.29, 0.717) is 5.69 Å². The van der Waals surface area contributed by atoms with Crippen molar-refractivity contribution in [2.45, 2.75) is 13.8 Å². The van der Waals surface area contributed by atoms with Crippen molar-refractivity contribution >= 4 is 11.6 Å². The molecule has 0 atom stereocenters. The summed E-state index contributed by atoms with van der Waals surface area (Å²) in [6, 6.07) is 17.2. The average Bonchev–Trinajstić information content (AvgIpc) is 2.88.